The molecule has 32 heavy (non-hydrogen) atoms. The second kappa shape index (κ2) is 9.13. The second-order valence-electron chi connectivity index (χ2n) is 6.76. The van der Waals surface area contributed by atoms with Gasteiger partial charge < -0.3 is 10.6 Å². The highest BCUT2D eigenvalue weighted by Crippen LogP contribution is 2.25. The highest BCUT2D eigenvalue weighted by Gasteiger charge is 2.21. The molecule has 0 radical (unpaired) electrons. The molecule has 0 atom stereocenters. The van der Waals surface area contributed by atoms with E-state index in [9.17, 15) is 14.4 Å². The van der Waals surface area contributed by atoms with Gasteiger partial charge in [-0.05, 0) is 48.5 Å². The van der Waals surface area contributed by atoms with Crippen LogP contribution < -0.4 is 16.1 Å². The summed E-state index contributed by atoms with van der Waals surface area (Å²) in [6.07, 6.45) is 0. The van der Waals surface area contributed by atoms with E-state index in [0.717, 1.165) is 0 Å². The van der Waals surface area contributed by atoms with Gasteiger partial charge in [-0.3, -0.25) is 19.8 Å². The van der Waals surface area contributed by atoms with Gasteiger partial charge in [0, 0.05) is 16.1 Å². The molecule has 1 heterocycles. The number of carbonyl (C=O) groups is 3. The summed E-state index contributed by atoms with van der Waals surface area (Å²) in [6.45, 7) is 0. The number of aromatic nitrogens is 1. The van der Waals surface area contributed by atoms with Crippen LogP contribution in [0.25, 0.3) is 10.9 Å². The second-order valence-corrected chi connectivity index (χ2v) is 7.61. The molecule has 0 bridgehead atoms. The Kier molecular flexibility index (Phi) is 6.11. The SMILES string of the molecule is O=C(Nc1ccccc1)C(=O)Nn1c(C(=O)Nc2ccccc2Cl)cc2cc(Cl)ccc21. The first-order chi connectivity index (χ1) is 15.4. The molecule has 0 fully saturated rings. The standard InChI is InChI=1S/C23H16Cl2N4O3/c24-15-10-11-19-14(12-15)13-20(21(30)27-18-9-5-4-8-17(18)25)29(19)28-23(32)22(31)26-16-6-2-1-3-7-16/h1-13H,(H,26,31)(H,27,30)(H,28,32). The predicted molar refractivity (Wildman–Crippen MR) is 126 cm³/mol. The minimum Gasteiger partial charge on any atom is -0.319 e. The molecule has 1 aromatic heterocycles. The average Bonchev–Trinajstić information content (AvgIpc) is 3.13. The monoisotopic (exact) mass is 466 g/mol. The molecule has 0 aliphatic rings. The Hall–Kier alpha value is -3.81. The zero-order chi connectivity index (χ0) is 22.7. The van der Waals surface area contributed by atoms with Gasteiger partial charge in [0.05, 0.1) is 16.2 Å². The Morgan fingerprint density at radius 3 is 2.22 bits per heavy atom. The van der Waals surface area contributed by atoms with Crippen molar-refractivity contribution >= 4 is 63.2 Å². The van der Waals surface area contributed by atoms with E-state index in [4.69, 9.17) is 23.2 Å². The fourth-order valence-corrected chi connectivity index (χ4v) is 3.45. The molecule has 160 valence electrons. The highest BCUT2D eigenvalue weighted by atomic mass is 35.5. The summed E-state index contributed by atoms with van der Waals surface area (Å²) in [5, 5.41) is 6.63. The van der Waals surface area contributed by atoms with Crippen molar-refractivity contribution in [3.8, 4) is 0 Å². The number of nitrogens with zero attached hydrogens (tertiary/aromatic N) is 1. The van der Waals surface area contributed by atoms with Crippen molar-refractivity contribution in [3.63, 3.8) is 0 Å². The van der Waals surface area contributed by atoms with Crippen molar-refractivity contribution in [2.24, 2.45) is 0 Å². The summed E-state index contributed by atoms with van der Waals surface area (Å²) in [6, 6.07) is 21.8. The van der Waals surface area contributed by atoms with Gasteiger partial charge >= 0.3 is 11.8 Å². The van der Waals surface area contributed by atoms with Gasteiger partial charge in [0.1, 0.15) is 5.69 Å². The van der Waals surface area contributed by atoms with Crippen LogP contribution in [0.2, 0.25) is 10.0 Å². The molecule has 3 aromatic carbocycles. The maximum atomic E-state index is 13.0. The Bertz CT molecular complexity index is 1340. The molecular formula is C23H16Cl2N4O3. The van der Waals surface area contributed by atoms with Crippen molar-refractivity contribution in [3.05, 3.63) is 94.6 Å². The molecule has 0 spiro atoms. The number of carbonyl (C=O) groups excluding carboxylic acids is 3. The van der Waals surface area contributed by atoms with Crippen molar-refractivity contribution < 1.29 is 14.4 Å². The summed E-state index contributed by atoms with van der Waals surface area (Å²) in [5.74, 6) is -2.37. The fraction of sp³-hybridized carbons (Fsp3) is 0. The van der Waals surface area contributed by atoms with E-state index in [2.05, 4.69) is 16.1 Å². The van der Waals surface area contributed by atoms with Crippen LogP contribution >= 0.6 is 23.2 Å². The van der Waals surface area contributed by atoms with Crippen molar-refractivity contribution in [2.75, 3.05) is 16.1 Å². The highest BCUT2D eigenvalue weighted by molar-refractivity contribution is 6.42. The van der Waals surface area contributed by atoms with E-state index in [1.165, 1.54) is 4.68 Å². The van der Waals surface area contributed by atoms with Crippen LogP contribution in [0.5, 0.6) is 0 Å². The Balaban J connectivity index is 1.65. The van der Waals surface area contributed by atoms with Gasteiger partial charge in [-0.1, -0.05) is 53.5 Å². The van der Waals surface area contributed by atoms with Crippen LogP contribution in [-0.2, 0) is 9.59 Å². The van der Waals surface area contributed by atoms with Crippen molar-refractivity contribution in [1.82, 2.24) is 4.68 Å². The molecule has 7 nitrogen and oxygen atoms in total. The lowest BCUT2D eigenvalue weighted by molar-refractivity contribution is -0.133. The molecule has 0 saturated heterocycles. The summed E-state index contributed by atoms with van der Waals surface area (Å²) >= 11 is 12.2. The van der Waals surface area contributed by atoms with E-state index in [1.807, 2.05) is 0 Å². The minimum absolute atomic E-state index is 0.0862. The Morgan fingerprint density at radius 1 is 0.750 bits per heavy atom. The fourth-order valence-electron chi connectivity index (χ4n) is 3.08. The lowest BCUT2D eigenvalue weighted by Gasteiger charge is -2.13. The van der Waals surface area contributed by atoms with E-state index in [1.54, 1.807) is 78.9 Å². The van der Waals surface area contributed by atoms with Crippen LogP contribution in [0.4, 0.5) is 11.4 Å². The van der Waals surface area contributed by atoms with Crippen molar-refractivity contribution in [1.29, 1.82) is 0 Å². The van der Waals surface area contributed by atoms with Crippen LogP contribution in [0, 0.1) is 0 Å². The zero-order valence-electron chi connectivity index (χ0n) is 16.4. The van der Waals surface area contributed by atoms with Crippen LogP contribution in [0.1, 0.15) is 10.5 Å². The number of benzene rings is 3. The number of hydrogen-bond acceptors (Lipinski definition) is 3. The molecule has 9 heteroatoms. The van der Waals surface area contributed by atoms with Gasteiger partial charge in [0.2, 0.25) is 0 Å². The third-order valence-corrected chi connectivity index (χ3v) is 5.13. The van der Waals surface area contributed by atoms with Gasteiger partial charge in [-0.15, -0.1) is 0 Å². The average molecular weight is 467 g/mol. The van der Waals surface area contributed by atoms with Gasteiger partial charge in [-0.2, -0.15) is 0 Å². The quantitative estimate of drug-likeness (QED) is 0.373. The molecule has 3 amide bonds. The molecule has 0 saturated carbocycles. The van der Waals surface area contributed by atoms with E-state index in [-0.39, 0.29) is 5.69 Å². The molecular weight excluding hydrogens is 451 g/mol. The van der Waals surface area contributed by atoms with Crippen LogP contribution in [-0.4, -0.2) is 22.4 Å². The van der Waals surface area contributed by atoms with E-state index in [0.29, 0.717) is 32.3 Å². The molecule has 4 rings (SSSR count). The third-order valence-electron chi connectivity index (χ3n) is 4.57. The molecule has 0 aliphatic heterocycles. The number of halogens is 2. The molecule has 3 N–H and O–H groups in total. The molecule has 0 unspecified atom stereocenters. The lowest BCUT2D eigenvalue weighted by atomic mass is 10.2. The summed E-state index contributed by atoms with van der Waals surface area (Å²) < 4.78 is 1.24. The zero-order valence-corrected chi connectivity index (χ0v) is 17.9. The number of nitrogens with one attached hydrogen (secondary N) is 3. The van der Waals surface area contributed by atoms with Crippen LogP contribution in [0.15, 0.2) is 78.9 Å². The number of rotatable bonds is 4. The van der Waals surface area contributed by atoms with Crippen molar-refractivity contribution in [2.45, 2.75) is 0 Å². The first-order valence-corrected chi connectivity index (χ1v) is 10.2. The number of hydrogen-bond donors (Lipinski definition) is 3. The number of anilines is 2. The Labute approximate surface area is 192 Å². The van der Waals surface area contributed by atoms with E-state index >= 15 is 0 Å². The van der Waals surface area contributed by atoms with E-state index < -0.39 is 17.7 Å². The largest absolute Gasteiger partial charge is 0.328 e. The topological polar surface area (TPSA) is 92.2 Å². The lowest BCUT2D eigenvalue weighted by Crippen LogP contribution is -2.36. The number of para-hydroxylation sites is 2. The first kappa shape index (κ1) is 21.4. The summed E-state index contributed by atoms with van der Waals surface area (Å²) in [4.78, 5) is 38.0. The number of fused-ring (bicyclic) bond motifs is 1. The maximum Gasteiger partial charge on any atom is 0.328 e. The summed E-state index contributed by atoms with van der Waals surface area (Å²) in [7, 11) is 0. The van der Waals surface area contributed by atoms with Gasteiger partial charge in [-0.25, -0.2) is 4.68 Å². The predicted octanol–water partition coefficient (Wildman–Crippen LogP) is 4.91. The minimum atomic E-state index is -0.951. The third kappa shape index (κ3) is 4.59. The summed E-state index contributed by atoms with van der Waals surface area (Å²) in [5.41, 5.74) is 3.93. The maximum absolute atomic E-state index is 13.0. The van der Waals surface area contributed by atoms with Crippen LogP contribution in [0.3, 0.4) is 0 Å². The van der Waals surface area contributed by atoms with Gasteiger partial charge in [0.25, 0.3) is 5.91 Å². The molecule has 0 aliphatic carbocycles. The normalized spacial score (nSPS) is 10.6. The number of amides is 3. The smallest absolute Gasteiger partial charge is 0.319 e. The Morgan fingerprint density at radius 2 is 1.47 bits per heavy atom. The molecule has 4 aromatic rings. The first-order valence-electron chi connectivity index (χ1n) is 9.46. The van der Waals surface area contributed by atoms with Gasteiger partial charge in [0.15, 0.2) is 0 Å².